The average Bonchev–Trinajstić information content (AvgIpc) is 2.63. The molecule has 0 aliphatic rings. The van der Waals surface area contributed by atoms with Crippen molar-refractivity contribution >= 4 is 20.7 Å². The van der Waals surface area contributed by atoms with Gasteiger partial charge in [-0.2, -0.15) is 0 Å². The second kappa shape index (κ2) is 6.92. The van der Waals surface area contributed by atoms with E-state index in [-0.39, 0.29) is 15.2 Å². The standard InChI is InChI=1S/C19H18FNO4S/c1-3-21-12-18(26(23,24)15-8-5-13(20)6-9-15)19(22)16-11-14(25-4-2)7-10-17(16)21/h5-12H,3-4H2,1-2H3. The van der Waals surface area contributed by atoms with Crippen molar-refractivity contribution in [3.63, 3.8) is 0 Å². The van der Waals surface area contributed by atoms with Crippen LogP contribution in [0.15, 0.2) is 63.2 Å². The maximum absolute atomic E-state index is 13.1. The second-order valence-corrected chi connectivity index (χ2v) is 7.60. The number of hydrogen-bond acceptors (Lipinski definition) is 4. The van der Waals surface area contributed by atoms with Gasteiger partial charge in [0.1, 0.15) is 16.5 Å². The van der Waals surface area contributed by atoms with Crippen LogP contribution >= 0.6 is 0 Å². The number of nitrogens with zero attached hydrogens (tertiary/aromatic N) is 1. The fourth-order valence-electron chi connectivity index (χ4n) is 2.80. The van der Waals surface area contributed by atoms with Crippen molar-refractivity contribution in [2.45, 2.75) is 30.2 Å². The first-order valence-corrected chi connectivity index (χ1v) is 9.67. The van der Waals surface area contributed by atoms with E-state index >= 15 is 0 Å². The van der Waals surface area contributed by atoms with Gasteiger partial charge in [0.05, 0.1) is 22.4 Å². The minimum atomic E-state index is -4.08. The third-order valence-corrected chi connectivity index (χ3v) is 5.85. The molecule has 2 aromatic carbocycles. The van der Waals surface area contributed by atoms with E-state index in [0.717, 1.165) is 24.3 Å². The smallest absolute Gasteiger partial charge is 0.211 e. The number of benzene rings is 2. The molecule has 0 radical (unpaired) electrons. The molecule has 5 nitrogen and oxygen atoms in total. The first kappa shape index (κ1) is 18.1. The van der Waals surface area contributed by atoms with E-state index in [1.807, 2.05) is 13.8 Å². The SMILES string of the molecule is CCOc1ccc2c(c1)c(=O)c(S(=O)(=O)c1ccc(F)cc1)cn2CC. The molecule has 0 amide bonds. The molecule has 1 heterocycles. The average molecular weight is 375 g/mol. The summed E-state index contributed by atoms with van der Waals surface area (Å²) in [6.07, 6.45) is 1.34. The number of rotatable bonds is 5. The van der Waals surface area contributed by atoms with Gasteiger partial charge < -0.3 is 9.30 Å². The van der Waals surface area contributed by atoms with Crippen molar-refractivity contribution in [3.8, 4) is 5.75 Å². The third kappa shape index (κ3) is 3.10. The molecule has 26 heavy (non-hydrogen) atoms. The van der Waals surface area contributed by atoms with Crippen LogP contribution in [0.3, 0.4) is 0 Å². The lowest BCUT2D eigenvalue weighted by molar-refractivity contribution is 0.340. The Morgan fingerprint density at radius 1 is 1.08 bits per heavy atom. The summed E-state index contributed by atoms with van der Waals surface area (Å²) in [5, 5.41) is 0.265. The number of halogens is 1. The summed E-state index contributed by atoms with van der Waals surface area (Å²) in [6.45, 7) is 4.59. The molecule has 0 spiro atoms. The van der Waals surface area contributed by atoms with Crippen molar-refractivity contribution in [1.29, 1.82) is 0 Å². The van der Waals surface area contributed by atoms with E-state index in [9.17, 15) is 17.6 Å². The number of hydrogen-bond donors (Lipinski definition) is 0. The summed E-state index contributed by atoms with van der Waals surface area (Å²) in [7, 11) is -4.08. The van der Waals surface area contributed by atoms with Crippen molar-refractivity contribution in [2.24, 2.45) is 0 Å². The Morgan fingerprint density at radius 2 is 1.77 bits per heavy atom. The van der Waals surface area contributed by atoms with Crippen LogP contribution in [0.25, 0.3) is 10.9 Å². The zero-order valence-electron chi connectivity index (χ0n) is 14.4. The van der Waals surface area contributed by atoms with Crippen molar-refractivity contribution in [3.05, 3.63) is 64.7 Å². The van der Waals surface area contributed by atoms with E-state index < -0.39 is 21.1 Å². The van der Waals surface area contributed by atoms with Crippen molar-refractivity contribution in [2.75, 3.05) is 6.61 Å². The van der Waals surface area contributed by atoms with Gasteiger partial charge in [0, 0.05) is 12.7 Å². The molecule has 136 valence electrons. The van der Waals surface area contributed by atoms with Gasteiger partial charge in [0.25, 0.3) is 0 Å². The van der Waals surface area contributed by atoms with Gasteiger partial charge in [0.15, 0.2) is 0 Å². The highest BCUT2D eigenvalue weighted by atomic mass is 32.2. The van der Waals surface area contributed by atoms with Crippen LogP contribution in [0.4, 0.5) is 4.39 Å². The molecule has 3 aromatic rings. The minimum absolute atomic E-state index is 0.126. The summed E-state index contributed by atoms with van der Waals surface area (Å²) < 4.78 is 46.1. The number of aromatic nitrogens is 1. The number of sulfone groups is 1. The third-order valence-electron chi connectivity index (χ3n) is 4.08. The van der Waals surface area contributed by atoms with Crippen LogP contribution in [0, 0.1) is 5.82 Å². The van der Waals surface area contributed by atoms with E-state index in [1.54, 1.807) is 22.8 Å². The largest absolute Gasteiger partial charge is 0.494 e. The fraction of sp³-hybridized carbons (Fsp3) is 0.211. The normalized spacial score (nSPS) is 11.7. The van der Waals surface area contributed by atoms with Crippen LogP contribution in [-0.4, -0.2) is 19.6 Å². The summed E-state index contributed by atoms with van der Waals surface area (Å²) >= 11 is 0. The van der Waals surface area contributed by atoms with Crippen LogP contribution in [0.5, 0.6) is 5.75 Å². The minimum Gasteiger partial charge on any atom is -0.494 e. The number of ether oxygens (including phenoxy) is 1. The van der Waals surface area contributed by atoms with Crippen LogP contribution in [0.2, 0.25) is 0 Å². The molecule has 0 aliphatic heterocycles. The van der Waals surface area contributed by atoms with Gasteiger partial charge in [-0.3, -0.25) is 4.79 Å². The molecule has 0 saturated heterocycles. The number of aryl methyl sites for hydroxylation is 1. The molecule has 0 bridgehead atoms. The summed E-state index contributed by atoms with van der Waals surface area (Å²) in [5.74, 6) is -0.0501. The number of fused-ring (bicyclic) bond motifs is 1. The first-order chi connectivity index (χ1) is 12.4. The van der Waals surface area contributed by atoms with Crippen LogP contribution in [0.1, 0.15) is 13.8 Å². The van der Waals surface area contributed by atoms with Crippen molar-refractivity contribution in [1.82, 2.24) is 4.57 Å². The lowest BCUT2D eigenvalue weighted by Gasteiger charge is -2.13. The van der Waals surface area contributed by atoms with E-state index in [1.165, 1.54) is 6.20 Å². The van der Waals surface area contributed by atoms with Crippen molar-refractivity contribution < 1.29 is 17.5 Å². The maximum Gasteiger partial charge on any atom is 0.211 e. The van der Waals surface area contributed by atoms with E-state index in [0.29, 0.717) is 24.4 Å². The molecule has 0 unspecified atom stereocenters. The van der Waals surface area contributed by atoms with Gasteiger partial charge in [0.2, 0.25) is 15.3 Å². The Balaban J connectivity index is 2.30. The van der Waals surface area contributed by atoms with E-state index in [4.69, 9.17) is 4.74 Å². The molecular weight excluding hydrogens is 357 g/mol. The number of pyridine rings is 1. The highest BCUT2D eigenvalue weighted by Crippen LogP contribution is 2.24. The zero-order chi connectivity index (χ0) is 18.9. The Bertz CT molecular complexity index is 1120. The molecular formula is C19H18FNO4S. The molecule has 0 atom stereocenters. The zero-order valence-corrected chi connectivity index (χ0v) is 15.2. The summed E-state index contributed by atoms with van der Waals surface area (Å²) in [4.78, 5) is 12.5. The molecule has 0 saturated carbocycles. The van der Waals surface area contributed by atoms with Gasteiger partial charge in [-0.05, 0) is 56.3 Å². The summed E-state index contributed by atoms with van der Waals surface area (Å²) in [5.41, 5.74) is 0.0228. The maximum atomic E-state index is 13.1. The van der Waals surface area contributed by atoms with Gasteiger partial charge >= 0.3 is 0 Å². The highest BCUT2D eigenvalue weighted by molar-refractivity contribution is 7.91. The second-order valence-electron chi connectivity index (χ2n) is 5.68. The predicted octanol–water partition coefficient (Wildman–Crippen LogP) is 3.39. The van der Waals surface area contributed by atoms with Gasteiger partial charge in [-0.25, -0.2) is 12.8 Å². The molecule has 0 aliphatic carbocycles. The molecule has 7 heteroatoms. The fourth-order valence-corrected chi connectivity index (χ4v) is 4.17. The quantitative estimate of drug-likeness (QED) is 0.641. The van der Waals surface area contributed by atoms with E-state index in [2.05, 4.69) is 0 Å². The molecule has 1 aromatic heterocycles. The Kier molecular flexibility index (Phi) is 4.82. The molecule has 3 rings (SSSR count). The topological polar surface area (TPSA) is 65.4 Å². The molecule has 0 fully saturated rings. The van der Waals surface area contributed by atoms with Gasteiger partial charge in [-0.15, -0.1) is 0 Å². The monoisotopic (exact) mass is 375 g/mol. The first-order valence-electron chi connectivity index (χ1n) is 8.19. The summed E-state index contributed by atoms with van der Waals surface area (Å²) in [6, 6.07) is 9.45. The predicted molar refractivity (Wildman–Crippen MR) is 96.9 cm³/mol. The highest BCUT2D eigenvalue weighted by Gasteiger charge is 2.24. The Labute approximate surface area is 150 Å². The van der Waals surface area contributed by atoms with Crippen LogP contribution < -0.4 is 10.2 Å². The molecule has 0 N–H and O–H groups in total. The lowest BCUT2D eigenvalue weighted by Crippen LogP contribution is -2.19. The van der Waals surface area contributed by atoms with Gasteiger partial charge in [-0.1, -0.05) is 0 Å². The lowest BCUT2D eigenvalue weighted by atomic mass is 10.2. The van der Waals surface area contributed by atoms with Crippen LogP contribution in [-0.2, 0) is 16.4 Å². The Morgan fingerprint density at radius 3 is 2.38 bits per heavy atom. The Hall–Kier alpha value is -2.67.